The Balaban J connectivity index is 2.02. The molecule has 0 fully saturated rings. The molecule has 6 nitrogen and oxygen atoms in total. The highest BCUT2D eigenvalue weighted by atomic mass is 16.5. The fraction of sp³-hybridized carbons (Fsp3) is 0.227. The van der Waals surface area contributed by atoms with Gasteiger partial charge in [0.1, 0.15) is 17.4 Å². The number of rotatable bonds is 7. The summed E-state index contributed by atoms with van der Waals surface area (Å²) < 4.78 is 10.5. The molecule has 1 N–H and O–H groups in total. The van der Waals surface area contributed by atoms with E-state index in [2.05, 4.69) is 5.32 Å². The Kier molecular flexibility index (Phi) is 7.35. The van der Waals surface area contributed by atoms with E-state index in [0.29, 0.717) is 23.6 Å². The predicted molar refractivity (Wildman–Crippen MR) is 107 cm³/mol. The first-order chi connectivity index (χ1) is 13.4. The molecule has 0 spiro atoms. The molecule has 0 aliphatic rings. The maximum atomic E-state index is 12.3. The first kappa shape index (κ1) is 20.7. The zero-order valence-electron chi connectivity index (χ0n) is 16.1. The molecule has 2 rings (SSSR count). The van der Waals surface area contributed by atoms with Crippen molar-refractivity contribution in [3.8, 4) is 11.8 Å². The van der Waals surface area contributed by atoms with E-state index < -0.39 is 18.0 Å². The summed E-state index contributed by atoms with van der Waals surface area (Å²) in [5.74, 6) is -0.636. The molecule has 0 saturated carbocycles. The van der Waals surface area contributed by atoms with E-state index >= 15 is 0 Å². The fourth-order valence-electron chi connectivity index (χ4n) is 2.37. The van der Waals surface area contributed by atoms with Crippen molar-refractivity contribution in [3.63, 3.8) is 0 Å². The molecule has 28 heavy (non-hydrogen) atoms. The summed E-state index contributed by atoms with van der Waals surface area (Å²) >= 11 is 0. The highest BCUT2D eigenvalue weighted by Crippen LogP contribution is 2.16. The zero-order chi connectivity index (χ0) is 20.5. The van der Waals surface area contributed by atoms with E-state index in [1.807, 2.05) is 32.0 Å². The number of benzene rings is 2. The predicted octanol–water partition coefficient (Wildman–Crippen LogP) is 3.87. The molecule has 0 unspecified atom stereocenters. The maximum Gasteiger partial charge on any atom is 0.349 e. The molecule has 6 heteroatoms. The summed E-state index contributed by atoms with van der Waals surface area (Å²) in [5, 5.41) is 11.9. The van der Waals surface area contributed by atoms with Crippen LogP contribution in [0.5, 0.6) is 5.75 Å². The molecule has 144 valence electrons. The molecular formula is C22H22N2O4. The summed E-state index contributed by atoms with van der Waals surface area (Å²) in [6.07, 6.45) is 0.355. The fourth-order valence-corrected chi connectivity index (χ4v) is 2.37. The second-order valence-corrected chi connectivity index (χ2v) is 6.08. The largest absolute Gasteiger partial charge is 0.494 e. The number of nitrogens with zero attached hydrogens (tertiary/aromatic N) is 1. The first-order valence-electron chi connectivity index (χ1n) is 8.86. The lowest BCUT2D eigenvalue weighted by Crippen LogP contribution is -2.30. The molecule has 0 aliphatic carbocycles. The maximum absolute atomic E-state index is 12.3. The van der Waals surface area contributed by atoms with Crippen molar-refractivity contribution >= 4 is 23.6 Å². The summed E-state index contributed by atoms with van der Waals surface area (Å²) in [6, 6.07) is 16.0. The molecule has 0 aliphatic heterocycles. The van der Waals surface area contributed by atoms with Crippen molar-refractivity contribution in [1.82, 2.24) is 0 Å². The van der Waals surface area contributed by atoms with Crippen LogP contribution in [0.2, 0.25) is 0 Å². The lowest BCUT2D eigenvalue weighted by Gasteiger charge is -2.13. The molecule has 0 bridgehead atoms. The van der Waals surface area contributed by atoms with E-state index in [-0.39, 0.29) is 5.57 Å². The Morgan fingerprint density at radius 1 is 1.21 bits per heavy atom. The lowest BCUT2D eigenvalue weighted by molar-refractivity contribution is -0.148. The number of hydrogen-bond donors (Lipinski definition) is 1. The van der Waals surface area contributed by atoms with Gasteiger partial charge in [-0.1, -0.05) is 24.3 Å². The Bertz CT molecular complexity index is 911. The summed E-state index contributed by atoms with van der Waals surface area (Å²) in [4.78, 5) is 24.5. The van der Waals surface area contributed by atoms with Crippen LogP contribution in [0.1, 0.15) is 25.0 Å². The van der Waals surface area contributed by atoms with Gasteiger partial charge >= 0.3 is 5.97 Å². The molecule has 0 saturated heterocycles. The highest BCUT2D eigenvalue weighted by Gasteiger charge is 2.20. The van der Waals surface area contributed by atoms with Gasteiger partial charge in [-0.3, -0.25) is 4.79 Å². The standard InChI is InChI=1S/C22H22N2O4/c1-4-27-20-10-8-17(9-11-20)13-18(14-23)22(26)28-16(3)21(25)24-19-7-5-6-15(2)12-19/h5-13,16H,4H2,1-3H3,(H,24,25)/b18-13+/t16-/m0/s1. The third-order valence-corrected chi connectivity index (χ3v) is 3.78. The van der Waals surface area contributed by atoms with Gasteiger partial charge in [0.05, 0.1) is 6.61 Å². The number of carbonyl (C=O) groups is 2. The summed E-state index contributed by atoms with van der Waals surface area (Å²) in [5.41, 5.74) is 2.05. The number of nitriles is 1. The molecule has 2 aromatic rings. The van der Waals surface area contributed by atoms with E-state index in [1.165, 1.54) is 13.0 Å². The molecule has 1 amide bonds. The van der Waals surface area contributed by atoms with Crippen molar-refractivity contribution in [2.24, 2.45) is 0 Å². The van der Waals surface area contributed by atoms with Crippen LogP contribution >= 0.6 is 0 Å². The smallest absolute Gasteiger partial charge is 0.349 e. The third kappa shape index (κ3) is 5.99. The zero-order valence-corrected chi connectivity index (χ0v) is 16.1. The van der Waals surface area contributed by atoms with Crippen LogP contribution in [0.25, 0.3) is 6.08 Å². The van der Waals surface area contributed by atoms with Crippen LogP contribution in [-0.2, 0) is 14.3 Å². The lowest BCUT2D eigenvalue weighted by atomic mass is 10.1. The van der Waals surface area contributed by atoms with Crippen molar-refractivity contribution < 1.29 is 19.1 Å². The van der Waals surface area contributed by atoms with Gasteiger partial charge in [-0.2, -0.15) is 5.26 Å². The number of carbonyl (C=O) groups excluding carboxylic acids is 2. The number of esters is 1. The number of nitrogens with one attached hydrogen (secondary N) is 1. The molecule has 1 atom stereocenters. The Labute approximate surface area is 164 Å². The van der Waals surface area contributed by atoms with E-state index in [9.17, 15) is 14.9 Å². The average molecular weight is 378 g/mol. The number of hydrogen-bond acceptors (Lipinski definition) is 5. The summed E-state index contributed by atoms with van der Waals surface area (Å²) in [7, 11) is 0. The quantitative estimate of drug-likeness (QED) is 0.449. The number of ether oxygens (including phenoxy) is 2. The Morgan fingerprint density at radius 3 is 2.54 bits per heavy atom. The van der Waals surface area contributed by atoms with E-state index in [1.54, 1.807) is 36.4 Å². The van der Waals surface area contributed by atoms with E-state index in [0.717, 1.165) is 5.56 Å². The second-order valence-electron chi connectivity index (χ2n) is 6.08. The van der Waals surface area contributed by atoms with E-state index in [4.69, 9.17) is 9.47 Å². The Hall–Kier alpha value is -3.59. The number of aryl methyl sites for hydroxylation is 1. The first-order valence-corrected chi connectivity index (χ1v) is 8.86. The molecule has 0 radical (unpaired) electrons. The van der Waals surface area contributed by atoms with Crippen molar-refractivity contribution in [2.45, 2.75) is 26.9 Å². The monoisotopic (exact) mass is 378 g/mol. The van der Waals surface area contributed by atoms with Crippen LogP contribution in [-0.4, -0.2) is 24.6 Å². The van der Waals surface area contributed by atoms with Gasteiger partial charge in [0.25, 0.3) is 5.91 Å². The van der Waals surface area contributed by atoms with Gasteiger partial charge in [0.15, 0.2) is 6.10 Å². The van der Waals surface area contributed by atoms with Crippen LogP contribution in [0.3, 0.4) is 0 Å². The topological polar surface area (TPSA) is 88.4 Å². The van der Waals surface area contributed by atoms with Gasteiger partial charge < -0.3 is 14.8 Å². The van der Waals surface area contributed by atoms with Crippen LogP contribution < -0.4 is 10.1 Å². The number of amides is 1. The van der Waals surface area contributed by atoms with Gasteiger partial charge in [-0.15, -0.1) is 0 Å². The number of anilines is 1. The minimum atomic E-state index is -1.05. The van der Waals surface area contributed by atoms with Crippen molar-refractivity contribution in [1.29, 1.82) is 5.26 Å². The molecular weight excluding hydrogens is 356 g/mol. The third-order valence-electron chi connectivity index (χ3n) is 3.78. The normalized spacial score (nSPS) is 11.9. The highest BCUT2D eigenvalue weighted by molar-refractivity contribution is 6.01. The average Bonchev–Trinajstić information content (AvgIpc) is 2.67. The van der Waals surface area contributed by atoms with Gasteiger partial charge in [0, 0.05) is 5.69 Å². The molecule has 0 heterocycles. The second kappa shape index (κ2) is 9.93. The SMILES string of the molecule is CCOc1ccc(/C=C(\C#N)C(=O)O[C@@H](C)C(=O)Nc2cccc(C)c2)cc1. The van der Waals surface area contributed by atoms with Crippen LogP contribution in [0, 0.1) is 18.3 Å². The van der Waals surface area contributed by atoms with Gasteiger partial charge in [0.2, 0.25) is 0 Å². The van der Waals surface area contributed by atoms with Gasteiger partial charge in [-0.25, -0.2) is 4.79 Å². The minimum Gasteiger partial charge on any atom is -0.494 e. The van der Waals surface area contributed by atoms with Crippen molar-refractivity contribution in [3.05, 3.63) is 65.2 Å². The van der Waals surface area contributed by atoms with Crippen LogP contribution in [0.15, 0.2) is 54.1 Å². The molecule has 2 aromatic carbocycles. The Morgan fingerprint density at radius 2 is 1.93 bits per heavy atom. The summed E-state index contributed by atoms with van der Waals surface area (Å²) in [6.45, 7) is 5.79. The van der Waals surface area contributed by atoms with Gasteiger partial charge in [-0.05, 0) is 62.2 Å². The van der Waals surface area contributed by atoms with Crippen LogP contribution in [0.4, 0.5) is 5.69 Å². The minimum absolute atomic E-state index is 0.195. The van der Waals surface area contributed by atoms with Crippen molar-refractivity contribution in [2.75, 3.05) is 11.9 Å². The molecule has 0 aromatic heterocycles.